The molecule has 0 aliphatic carbocycles. The molecule has 0 aromatic carbocycles. The molecule has 2 aromatic heterocycles. The van der Waals surface area contributed by atoms with Gasteiger partial charge in [0.2, 0.25) is 5.91 Å². The lowest BCUT2D eigenvalue weighted by Gasteiger charge is -2.13. The number of amides is 1. The van der Waals surface area contributed by atoms with Gasteiger partial charge in [0.25, 0.3) is 5.56 Å². The Bertz CT molecular complexity index is 729. The van der Waals surface area contributed by atoms with Crippen LogP contribution in [0, 0.1) is 6.92 Å². The zero-order valence-corrected chi connectivity index (χ0v) is 12.3. The summed E-state index contributed by atoms with van der Waals surface area (Å²) < 4.78 is 1.61. The van der Waals surface area contributed by atoms with E-state index in [9.17, 15) is 9.59 Å². The van der Waals surface area contributed by atoms with Crippen LogP contribution in [0.1, 0.15) is 18.2 Å². The summed E-state index contributed by atoms with van der Waals surface area (Å²) in [6.07, 6.45) is 3.49. The fourth-order valence-corrected chi connectivity index (χ4v) is 3.47. The first kappa shape index (κ1) is 13.8. The molecule has 1 unspecified atom stereocenters. The molecule has 1 aliphatic rings. The van der Waals surface area contributed by atoms with Gasteiger partial charge in [0.05, 0.1) is 17.9 Å². The zero-order chi connectivity index (χ0) is 14.8. The summed E-state index contributed by atoms with van der Waals surface area (Å²) in [6, 6.07) is 4.89. The van der Waals surface area contributed by atoms with Crippen LogP contribution >= 0.6 is 11.8 Å². The molecule has 108 valence electrons. The number of carbonyl (C=O) groups excluding carboxylic acids is 1. The molecular weight excluding hydrogens is 288 g/mol. The predicted octanol–water partition coefficient (Wildman–Crippen LogP) is 1.62. The maximum absolute atomic E-state index is 12.1. The fourth-order valence-electron chi connectivity index (χ4n) is 2.28. The van der Waals surface area contributed by atoms with Crippen molar-refractivity contribution in [2.45, 2.75) is 24.5 Å². The van der Waals surface area contributed by atoms with Gasteiger partial charge in [-0.3, -0.25) is 19.1 Å². The lowest BCUT2D eigenvalue weighted by Crippen LogP contribution is -2.27. The highest BCUT2D eigenvalue weighted by atomic mass is 32.2. The second-order valence-corrected chi connectivity index (χ2v) is 5.83. The maximum Gasteiger partial charge on any atom is 0.254 e. The highest BCUT2D eigenvalue weighted by molar-refractivity contribution is 7.99. The van der Waals surface area contributed by atoms with E-state index in [2.05, 4.69) is 15.3 Å². The molecule has 3 rings (SSSR count). The molecule has 2 aromatic rings. The molecule has 0 spiro atoms. The summed E-state index contributed by atoms with van der Waals surface area (Å²) in [4.78, 5) is 32.4. The van der Waals surface area contributed by atoms with Crippen LogP contribution in [0.5, 0.6) is 0 Å². The fraction of sp³-hybridized carbons (Fsp3) is 0.286. The standard InChI is InChI=1S/C14H14N4O2S/c1-9-5-13(20)18-11(8-21-14(18)16-9)6-12(19)17-10-3-2-4-15-7-10/h2-5,7,11H,6,8H2,1H3,(H,17,19). The molecule has 3 heterocycles. The van der Waals surface area contributed by atoms with E-state index in [4.69, 9.17) is 0 Å². The molecule has 7 heteroatoms. The Morgan fingerprint density at radius 3 is 3.19 bits per heavy atom. The van der Waals surface area contributed by atoms with Gasteiger partial charge in [0, 0.05) is 30.1 Å². The van der Waals surface area contributed by atoms with Crippen LogP contribution in [0.2, 0.25) is 0 Å². The highest BCUT2D eigenvalue weighted by Gasteiger charge is 2.27. The molecule has 1 aliphatic heterocycles. The normalized spacial score (nSPS) is 16.5. The Morgan fingerprint density at radius 1 is 1.57 bits per heavy atom. The van der Waals surface area contributed by atoms with Crippen molar-refractivity contribution in [3.05, 3.63) is 46.6 Å². The second-order valence-electron chi connectivity index (χ2n) is 4.85. The number of rotatable bonds is 3. The van der Waals surface area contributed by atoms with Crippen molar-refractivity contribution in [3.8, 4) is 0 Å². The van der Waals surface area contributed by atoms with Crippen LogP contribution in [0.15, 0.2) is 40.5 Å². The van der Waals surface area contributed by atoms with Crippen molar-refractivity contribution in [1.82, 2.24) is 14.5 Å². The molecular formula is C14H14N4O2S. The Balaban J connectivity index is 1.74. The van der Waals surface area contributed by atoms with Crippen molar-refractivity contribution in [2.24, 2.45) is 0 Å². The Kier molecular flexibility index (Phi) is 3.74. The molecule has 1 amide bonds. The number of hydrogen-bond donors (Lipinski definition) is 1. The summed E-state index contributed by atoms with van der Waals surface area (Å²) in [6.45, 7) is 1.80. The summed E-state index contributed by atoms with van der Waals surface area (Å²) >= 11 is 1.51. The third kappa shape index (κ3) is 2.97. The zero-order valence-electron chi connectivity index (χ0n) is 11.4. The Labute approximate surface area is 125 Å². The van der Waals surface area contributed by atoms with Crippen molar-refractivity contribution in [1.29, 1.82) is 0 Å². The van der Waals surface area contributed by atoms with Crippen LogP contribution in [-0.2, 0) is 4.79 Å². The van der Waals surface area contributed by atoms with Crippen molar-refractivity contribution >= 4 is 23.4 Å². The van der Waals surface area contributed by atoms with Crippen LogP contribution < -0.4 is 10.9 Å². The van der Waals surface area contributed by atoms with Gasteiger partial charge >= 0.3 is 0 Å². The minimum atomic E-state index is -0.151. The number of thioether (sulfide) groups is 1. The summed E-state index contributed by atoms with van der Waals surface area (Å²) in [5.74, 6) is 0.556. The van der Waals surface area contributed by atoms with Gasteiger partial charge in [-0.1, -0.05) is 11.8 Å². The lowest BCUT2D eigenvalue weighted by atomic mass is 10.2. The topological polar surface area (TPSA) is 76.9 Å². The van der Waals surface area contributed by atoms with E-state index in [1.165, 1.54) is 17.8 Å². The third-order valence-corrected chi connectivity index (χ3v) is 4.28. The number of anilines is 1. The minimum Gasteiger partial charge on any atom is -0.325 e. The number of carbonyl (C=O) groups is 1. The largest absolute Gasteiger partial charge is 0.325 e. The number of aromatic nitrogens is 3. The summed E-state index contributed by atoms with van der Waals surface area (Å²) in [7, 11) is 0. The van der Waals surface area contributed by atoms with Crippen molar-refractivity contribution < 1.29 is 4.79 Å². The lowest BCUT2D eigenvalue weighted by molar-refractivity contribution is -0.116. The molecule has 6 nitrogen and oxygen atoms in total. The number of hydrogen-bond acceptors (Lipinski definition) is 5. The number of fused-ring (bicyclic) bond motifs is 1. The average Bonchev–Trinajstić information content (AvgIpc) is 2.82. The first-order chi connectivity index (χ1) is 10.1. The maximum atomic E-state index is 12.1. The molecule has 0 bridgehead atoms. The SMILES string of the molecule is Cc1cc(=O)n2c(n1)SCC2CC(=O)Nc1cccnc1. The second kappa shape index (κ2) is 5.69. The van der Waals surface area contributed by atoms with Gasteiger partial charge < -0.3 is 5.32 Å². The van der Waals surface area contributed by atoms with E-state index in [1.54, 1.807) is 36.0 Å². The number of nitrogens with one attached hydrogen (secondary N) is 1. The van der Waals surface area contributed by atoms with Crippen LogP contribution in [0.3, 0.4) is 0 Å². The quantitative estimate of drug-likeness (QED) is 0.872. The molecule has 1 atom stereocenters. The van der Waals surface area contributed by atoms with E-state index in [-0.39, 0.29) is 23.9 Å². The smallest absolute Gasteiger partial charge is 0.254 e. The predicted molar refractivity (Wildman–Crippen MR) is 80.5 cm³/mol. The van der Waals surface area contributed by atoms with Crippen LogP contribution in [0.4, 0.5) is 5.69 Å². The number of nitrogens with zero attached hydrogens (tertiary/aromatic N) is 3. The molecule has 1 N–H and O–H groups in total. The molecule has 21 heavy (non-hydrogen) atoms. The molecule has 0 fully saturated rings. The van der Waals surface area contributed by atoms with Crippen LogP contribution in [0.25, 0.3) is 0 Å². The van der Waals surface area contributed by atoms with Gasteiger partial charge in [0.1, 0.15) is 0 Å². The van der Waals surface area contributed by atoms with Gasteiger partial charge in [-0.15, -0.1) is 0 Å². The number of pyridine rings is 1. The average molecular weight is 302 g/mol. The highest BCUT2D eigenvalue weighted by Crippen LogP contribution is 2.32. The molecule has 0 saturated carbocycles. The third-order valence-electron chi connectivity index (χ3n) is 3.18. The van der Waals surface area contributed by atoms with E-state index in [1.807, 2.05) is 0 Å². The van der Waals surface area contributed by atoms with Gasteiger partial charge in [-0.05, 0) is 19.1 Å². The van der Waals surface area contributed by atoms with E-state index >= 15 is 0 Å². The van der Waals surface area contributed by atoms with Gasteiger partial charge in [-0.2, -0.15) is 0 Å². The molecule has 0 saturated heterocycles. The van der Waals surface area contributed by atoms with Gasteiger partial charge in [0.15, 0.2) is 5.16 Å². The minimum absolute atomic E-state index is 0.0957. The van der Waals surface area contributed by atoms with Gasteiger partial charge in [-0.25, -0.2) is 4.98 Å². The van der Waals surface area contributed by atoms with E-state index < -0.39 is 0 Å². The van der Waals surface area contributed by atoms with E-state index in [0.29, 0.717) is 22.3 Å². The number of aryl methyl sites for hydroxylation is 1. The first-order valence-corrected chi connectivity index (χ1v) is 7.55. The first-order valence-electron chi connectivity index (χ1n) is 6.56. The Morgan fingerprint density at radius 2 is 2.43 bits per heavy atom. The van der Waals surface area contributed by atoms with E-state index in [0.717, 1.165) is 0 Å². The van der Waals surface area contributed by atoms with Crippen LogP contribution in [-0.4, -0.2) is 26.2 Å². The summed E-state index contributed by atoms with van der Waals surface area (Å²) in [5, 5.41) is 3.48. The van der Waals surface area contributed by atoms with Crippen molar-refractivity contribution in [3.63, 3.8) is 0 Å². The summed E-state index contributed by atoms with van der Waals surface area (Å²) in [5.41, 5.74) is 1.27. The van der Waals surface area contributed by atoms with Crippen molar-refractivity contribution in [2.75, 3.05) is 11.1 Å². The molecule has 0 radical (unpaired) electrons. The monoisotopic (exact) mass is 302 g/mol. The Hall–Kier alpha value is -2.15.